The third-order valence-electron chi connectivity index (χ3n) is 7.54. The number of carbonyl (C=O) groups is 4. The zero-order valence-electron chi connectivity index (χ0n) is 22.2. The van der Waals surface area contributed by atoms with Gasteiger partial charge in [-0.2, -0.15) is 11.8 Å². The van der Waals surface area contributed by atoms with E-state index in [9.17, 15) is 19.2 Å². The van der Waals surface area contributed by atoms with Crippen LogP contribution in [0.4, 0.5) is 0 Å². The van der Waals surface area contributed by atoms with Crippen LogP contribution in [0.2, 0.25) is 0 Å². The number of epoxide rings is 1. The van der Waals surface area contributed by atoms with Crippen LogP contribution in [0, 0.1) is 11.8 Å². The highest BCUT2D eigenvalue weighted by Gasteiger charge is 2.62. The second kappa shape index (κ2) is 13.1. The van der Waals surface area contributed by atoms with Crippen LogP contribution >= 0.6 is 11.8 Å². The van der Waals surface area contributed by atoms with Gasteiger partial charge in [-0.15, -0.1) is 0 Å². The lowest BCUT2D eigenvalue weighted by atomic mass is 9.81. The number of nitrogens with one attached hydrogen (secondary N) is 1. The molecule has 5 N–H and O–H groups in total. The van der Waals surface area contributed by atoms with Crippen molar-refractivity contribution in [3.63, 3.8) is 0 Å². The van der Waals surface area contributed by atoms with E-state index in [1.54, 1.807) is 6.92 Å². The Hall–Kier alpha value is -2.44. The van der Waals surface area contributed by atoms with Crippen molar-refractivity contribution >= 4 is 41.3 Å². The second-order valence-corrected chi connectivity index (χ2v) is 11.7. The van der Waals surface area contributed by atoms with E-state index < -0.39 is 36.5 Å². The summed E-state index contributed by atoms with van der Waals surface area (Å²) in [6.45, 7) is 5.32. The Bertz CT molecular complexity index is 986. The molecule has 0 saturated carbocycles. The van der Waals surface area contributed by atoms with Crippen molar-refractivity contribution in [2.75, 3.05) is 18.1 Å². The summed E-state index contributed by atoms with van der Waals surface area (Å²) in [5.74, 6) is -2.76. The molecule has 0 aromatic heterocycles. The molecule has 3 unspecified atom stereocenters. The molecule has 0 aromatic carbocycles. The highest BCUT2D eigenvalue weighted by Crippen LogP contribution is 2.50. The van der Waals surface area contributed by atoms with E-state index in [4.69, 9.17) is 25.4 Å². The molecule has 2 fully saturated rings. The smallest absolute Gasteiger partial charge is 0.322 e. The predicted octanol–water partition coefficient (Wildman–Crippen LogP) is 1.78. The highest BCUT2D eigenvalue weighted by atomic mass is 32.2. The van der Waals surface area contributed by atoms with Gasteiger partial charge in [-0.3, -0.25) is 24.2 Å². The molecule has 1 aliphatic carbocycles. The lowest BCUT2D eigenvalue weighted by molar-refractivity contribution is -0.144. The Morgan fingerprint density at radius 2 is 2.08 bits per heavy atom. The van der Waals surface area contributed by atoms with E-state index in [2.05, 4.69) is 30.2 Å². The first-order valence-corrected chi connectivity index (χ1v) is 14.2. The topological polar surface area (TPSA) is 181 Å². The maximum absolute atomic E-state index is 12.9. The minimum Gasteiger partial charge on any atom is -0.480 e. The van der Waals surface area contributed by atoms with E-state index in [0.717, 1.165) is 25.7 Å². The number of aliphatic carboxylic acids is 2. The maximum Gasteiger partial charge on any atom is 0.322 e. The summed E-state index contributed by atoms with van der Waals surface area (Å²) in [4.78, 5) is 52.0. The van der Waals surface area contributed by atoms with Gasteiger partial charge in [0.05, 0.1) is 11.5 Å². The van der Waals surface area contributed by atoms with Gasteiger partial charge in [0.25, 0.3) is 0 Å². The quantitative estimate of drug-likeness (QED) is 0.120. The van der Waals surface area contributed by atoms with E-state index >= 15 is 0 Å². The zero-order valence-corrected chi connectivity index (χ0v) is 23.0. The molecule has 3 aliphatic rings. The summed E-state index contributed by atoms with van der Waals surface area (Å²) in [6, 6.07) is -1.93. The van der Waals surface area contributed by atoms with Crippen LogP contribution in [-0.2, 0) is 28.7 Å². The average molecular weight is 554 g/mol. The summed E-state index contributed by atoms with van der Waals surface area (Å²) >= 11 is 1.40. The van der Waals surface area contributed by atoms with Gasteiger partial charge in [0.2, 0.25) is 5.91 Å². The molecule has 2 heterocycles. The Kier molecular flexibility index (Phi) is 10.4. The normalized spacial score (nSPS) is 30.7. The summed E-state index contributed by atoms with van der Waals surface area (Å²) in [6.07, 6.45) is 5.83. The molecule has 0 aromatic rings. The highest BCUT2D eigenvalue weighted by molar-refractivity contribution is 7.99. The molecule has 2 aliphatic heterocycles. The van der Waals surface area contributed by atoms with E-state index in [1.807, 2.05) is 0 Å². The monoisotopic (exact) mass is 553 g/mol. The van der Waals surface area contributed by atoms with Crippen molar-refractivity contribution in [3.05, 3.63) is 11.6 Å². The third-order valence-corrected chi connectivity index (χ3v) is 8.69. The number of allylic oxidation sites excluding steroid dienone is 2. The number of carbonyl (C=O) groups excluding carboxylic acids is 2. The Morgan fingerprint density at radius 1 is 1.34 bits per heavy atom. The Balaban J connectivity index is 1.65. The number of amides is 1. The average Bonchev–Trinajstić information content (AvgIpc) is 3.42. The number of carboxylic acids is 2. The molecule has 212 valence electrons. The molecule has 0 spiro atoms. The third kappa shape index (κ3) is 8.03. The van der Waals surface area contributed by atoms with E-state index in [0.29, 0.717) is 11.5 Å². The largest absolute Gasteiger partial charge is 0.480 e. The summed E-state index contributed by atoms with van der Waals surface area (Å²) in [7, 11) is 0. The lowest BCUT2D eigenvalue weighted by Crippen LogP contribution is -2.39. The molecule has 0 bridgehead atoms. The van der Waals surface area contributed by atoms with Gasteiger partial charge < -0.3 is 30.7 Å². The second-order valence-electron chi connectivity index (χ2n) is 10.7. The molecule has 0 radical (unpaired) electrons. The van der Waals surface area contributed by atoms with Gasteiger partial charge >= 0.3 is 17.9 Å². The number of hydrogen-bond donors (Lipinski definition) is 4. The van der Waals surface area contributed by atoms with Gasteiger partial charge in [-0.05, 0) is 59.3 Å². The van der Waals surface area contributed by atoms with Crippen LogP contribution in [-0.4, -0.2) is 87.7 Å². The number of ether oxygens (including phenoxy) is 2. The number of rotatable bonds is 12. The van der Waals surface area contributed by atoms with Gasteiger partial charge in [0.1, 0.15) is 30.8 Å². The maximum atomic E-state index is 12.9. The SMILES string of the molecule is CC1=CCC[C@@]2(C)O[C@H]2[C@H]2OC(=O)C(CSC[C@H](N=C(C)CCC(N)C(=O)O)C(=O)NCC(=O)O)C2CC1. The first-order valence-electron chi connectivity index (χ1n) is 13.0. The van der Waals surface area contributed by atoms with E-state index in [1.165, 1.54) is 17.3 Å². The number of nitrogens with two attached hydrogens (primary N) is 1. The van der Waals surface area contributed by atoms with E-state index in [-0.39, 0.29) is 54.2 Å². The molecule has 12 heteroatoms. The standard InChI is InChI=1S/C26H39N3O8S/c1-14-5-4-10-26(3)22(37-26)21-16(8-6-14)17(25(35)36-21)12-38-13-19(23(32)28-11-20(30)31)29-15(2)7-9-18(27)24(33)34/h5,16-19,21-22H,4,6-13,27H2,1-3H3,(H,28,32)(H,30,31)(H,33,34)/t16?,17?,18?,19-,21-,22-,26+/m0/s1. The van der Waals surface area contributed by atoms with Gasteiger partial charge in [-0.1, -0.05) is 11.6 Å². The minimum atomic E-state index is -1.17. The fraction of sp³-hybridized carbons (Fsp3) is 0.731. The van der Waals surface area contributed by atoms with Gasteiger partial charge in [0, 0.05) is 23.1 Å². The van der Waals surface area contributed by atoms with Crippen LogP contribution in [0.3, 0.4) is 0 Å². The minimum absolute atomic E-state index is 0.00491. The lowest BCUT2D eigenvalue weighted by Gasteiger charge is -2.22. The molecule has 7 atom stereocenters. The molecule has 3 rings (SSSR count). The number of esters is 1. The number of hydrogen-bond acceptors (Lipinski definition) is 9. The van der Waals surface area contributed by atoms with Crippen molar-refractivity contribution in [2.45, 2.75) is 89.2 Å². The zero-order chi connectivity index (χ0) is 28.0. The molecular formula is C26H39N3O8S. The molecule has 1 amide bonds. The molecule has 38 heavy (non-hydrogen) atoms. The summed E-state index contributed by atoms with van der Waals surface area (Å²) in [5, 5.41) is 20.3. The Morgan fingerprint density at radius 3 is 2.76 bits per heavy atom. The summed E-state index contributed by atoms with van der Waals surface area (Å²) < 4.78 is 11.9. The molecular weight excluding hydrogens is 514 g/mol. The van der Waals surface area contributed by atoms with Crippen LogP contribution in [0.25, 0.3) is 0 Å². The van der Waals surface area contributed by atoms with Crippen molar-refractivity contribution < 1.29 is 38.9 Å². The van der Waals surface area contributed by atoms with Gasteiger partial charge in [0.15, 0.2) is 0 Å². The molecule has 11 nitrogen and oxygen atoms in total. The van der Waals surface area contributed by atoms with Crippen molar-refractivity contribution in [2.24, 2.45) is 22.6 Å². The Labute approximate surface area is 227 Å². The number of aliphatic imine (C=N–C) groups is 1. The van der Waals surface area contributed by atoms with Crippen LogP contribution in [0.1, 0.15) is 59.3 Å². The first kappa shape index (κ1) is 30.1. The number of thioether (sulfide) groups is 1. The number of carboxylic acid groups (broad SMARTS) is 2. The fourth-order valence-corrected chi connectivity index (χ4v) is 6.33. The van der Waals surface area contributed by atoms with Crippen LogP contribution in [0.5, 0.6) is 0 Å². The first-order chi connectivity index (χ1) is 17.9. The summed E-state index contributed by atoms with van der Waals surface area (Å²) in [5.41, 5.74) is 7.12. The van der Waals surface area contributed by atoms with Crippen LogP contribution in [0.15, 0.2) is 16.6 Å². The molecule has 2 saturated heterocycles. The fourth-order valence-electron chi connectivity index (χ4n) is 5.11. The van der Waals surface area contributed by atoms with Crippen molar-refractivity contribution in [1.29, 1.82) is 0 Å². The van der Waals surface area contributed by atoms with Crippen LogP contribution < -0.4 is 11.1 Å². The number of nitrogens with zero attached hydrogens (tertiary/aromatic N) is 1. The predicted molar refractivity (Wildman–Crippen MR) is 142 cm³/mol. The number of fused-ring (bicyclic) bond motifs is 3. The van der Waals surface area contributed by atoms with Crippen molar-refractivity contribution in [3.8, 4) is 0 Å². The van der Waals surface area contributed by atoms with Crippen molar-refractivity contribution in [1.82, 2.24) is 5.32 Å². The van der Waals surface area contributed by atoms with Gasteiger partial charge in [-0.25, -0.2) is 0 Å².